The lowest BCUT2D eigenvalue weighted by atomic mass is 10.1. The van der Waals surface area contributed by atoms with E-state index in [1.807, 2.05) is 49.1 Å². The fraction of sp³-hybridized carbons (Fsp3) is 0.364. The van der Waals surface area contributed by atoms with E-state index in [1.54, 1.807) is 0 Å². The summed E-state index contributed by atoms with van der Waals surface area (Å²) in [7, 11) is 0. The van der Waals surface area contributed by atoms with Gasteiger partial charge in [0.25, 0.3) is 0 Å². The molecule has 0 N–H and O–H groups in total. The molecule has 2 aromatic carbocycles. The molecule has 0 aliphatic carbocycles. The minimum Gasteiger partial charge on any atom is -0.359 e. The highest BCUT2D eigenvalue weighted by molar-refractivity contribution is 6.04. The maximum Gasteiger partial charge on any atom is 0.241 e. The van der Waals surface area contributed by atoms with Crippen molar-refractivity contribution in [3.05, 3.63) is 60.0 Å². The van der Waals surface area contributed by atoms with Crippen LogP contribution in [-0.4, -0.2) is 35.6 Å². The van der Waals surface area contributed by atoms with Gasteiger partial charge in [-0.3, -0.25) is 9.69 Å². The van der Waals surface area contributed by atoms with Gasteiger partial charge in [-0.25, -0.2) is 0 Å². The second-order valence-electron chi connectivity index (χ2n) is 7.14. The molecule has 1 aromatic heterocycles. The number of hydrogen-bond donors (Lipinski definition) is 0. The van der Waals surface area contributed by atoms with E-state index in [0.29, 0.717) is 13.1 Å². The number of carbonyl (C=O) groups is 1. The Hall–Kier alpha value is -2.66. The number of likely N-dealkylation sites (N-methyl/N-ethyl adjacent to an activating group) is 1. The van der Waals surface area contributed by atoms with Gasteiger partial charge in [0.2, 0.25) is 5.91 Å². The zero-order valence-corrected chi connectivity index (χ0v) is 15.9. The highest BCUT2D eigenvalue weighted by atomic mass is 16.5. The number of amides is 1. The zero-order chi connectivity index (χ0) is 18.8. The van der Waals surface area contributed by atoms with E-state index in [0.717, 1.165) is 47.3 Å². The third-order valence-corrected chi connectivity index (χ3v) is 5.35. The SMILES string of the molecule is CCN(C(=O)CN1CCC[C@H]1c1cc(C)no1)c1cccc2ccccc12. The Kier molecular flexibility index (Phi) is 4.94. The Morgan fingerprint density at radius 1 is 1.26 bits per heavy atom. The minimum absolute atomic E-state index is 0.122. The molecule has 0 radical (unpaired) electrons. The van der Waals surface area contributed by atoms with Crippen LogP contribution in [-0.2, 0) is 4.79 Å². The molecule has 0 spiro atoms. The van der Waals surface area contributed by atoms with Crippen molar-refractivity contribution < 1.29 is 9.32 Å². The lowest BCUT2D eigenvalue weighted by Gasteiger charge is -2.27. The molecule has 5 nitrogen and oxygen atoms in total. The van der Waals surface area contributed by atoms with Crippen LogP contribution in [0.2, 0.25) is 0 Å². The minimum atomic E-state index is 0.122. The zero-order valence-electron chi connectivity index (χ0n) is 15.9. The van der Waals surface area contributed by atoms with E-state index in [-0.39, 0.29) is 11.9 Å². The van der Waals surface area contributed by atoms with E-state index in [9.17, 15) is 4.79 Å². The Balaban J connectivity index is 1.57. The topological polar surface area (TPSA) is 49.6 Å². The van der Waals surface area contributed by atoms with Gasteiger partial charge in [0.15, 0.2) is 5.76 Å². The van der Waals surface area contributed by atoms with Crippen LogP contribution in [0.3, 0.4) is 0 Å². The summed E-state index contributed by atoms with van der Waals surface area (Å²) < 4.78 is 5.47. The van der Waals surface area contributed by atoms with Crippen LogP contribution in [0.4, 0.5) is 5.69 Å². The van der Waals surface area contributed by atoms with Crippen LogP contribution in [0.1, 0.15) is 37.3 Å². The highest BCUT2D eigenvalue weighted by Gasteiger charge is 2.31. The highest BCUT2D eigenvalue weighted by Crippen LogP contribution is 2.33. The molecular formula is C22H25N3O2. The maximum absolute atomic E-state index is 13.2. The van der Waals surface area contributed by atoms with Crippen LogP contribution in [0.15, 0.2) is 53.1 Å². The molecule has 0 bridgehead atoms. The standard InChI is InChI=1S/C22H25N3O2/c1-3-25(19-11-6-9-17-8-4-5-10-18(17)19)22(26)15-24-13-7-12-20(24)21-14-16(2)23-27-21/h4-6,8-11,14,20H,3,7,12-13,15H2,1-2H3/t20-/m0/s1. The third-order valence-electron chi connectivity index (χ3n) is 5.35. The second kappa shape index (κ2) is 7.53. The van der Waals surface area contributed by atoms with Crippen molar-refractivity contribution in [2.24, 2.45) is 0 Å². The predicted molar refractivity (Wildman–Crippen MR) is 107 cm³/mol. The number of rotatable bonds is 5. The molecule has 27 heavy (non-hydrogen) atoms. The summed E-state index contributed by atoms with van der Waals surface area (Å²) in [4.78, 5) is 17.3. The number of hydrogen-bond acceptors (Lipinski definition) is 4. The Bertz CT molecular complexity index is 944. The average Bonchev–Trinajstić information content (AvgIpc) is 3.31. The monoisotopic (exact) mass is 363 g/mol. The fourth-order valence-corrected chi connectivity index (χ4v) is 4.06. The number of likely N-dealkylation sites (tertiary alicyclic amines) is 1. The van der Waals surface area contributed by atoms with Crippen molar-refractivity contribution in [3.8, 4) is 0 Å². The molecule has 0 unspecified atom stereocenters. The van der Waals surface area contributed by atoms with Gasteiger partial charge in [-0.05, 0) is 44.7 Å². The van der Waals surface area contributed by atoms with Gasteiger partial charge in [0, 0.05) is 18.0 Å². The second-order valence-corrected chi connectivity index (χ2v) is 7.14. The van der Waals surface area contributed by atoms with Gasteiger partial charge in [-0.2, -0.15) is 0 Å². The molecule has 1 aliphatic heterocycles. The van der Waals surface area contributed by atoms with Crippen LogP contribution in [0, 0.1) is 6.92 Å². The largest absolute Gasteiger partial charge is 0.359 e. The van der Waals surface area contributed by atoms with Crippen molar-refractivity contribution in [3.63, 3.8) is 0 Å². The number of anilines is 1. The first-order chi connectivity index (χ1) is 13.2. The summed E-state index contributed by atoms with van der Waals surface area (Å²) in [6, 6.07) is 16.5. The molecule has 1 saturated heterocycles. The summed E-state index contributed by atoms with van der Waals surface area (Å²) in [5.74, 6) is 0.989. The molecule has 3 aromatic rings. The number of benzene rings is 2. The molecule has 0 saturated carbocycles. The molecule has 1 amide bonds. The fourth-order valence-electron chi connectivity index (χ4n) is 4.06. The number of fused-ring (bicyclic) bond motifs is 1. The van der Waals surface area contributed by atoms with Crippen molar-refractivity contribution in [1.29, 1.82) is 0 Å². The summed E-state index contributed by atoms with van der Waals surface area (Å²) in [5, 5.41) is 6.27. The molecule has 140 valence electrons. The van der Waals surface area contributed by atoms with Gasteiger partial charge in [0.05, 0.1) is 24.0 Å². The van der Waals surface area contributed by atoms with Gasteiger partial charge in [0.1, 0.15) is 0 Å². The smallest absolute Gasteiger partial charge is 0.241 e. The molecule has 4 rings (SSSR count). The first-order valence-electron chi connectivity index (χ1n) is 9.62. The molecule has 2 heterocycles. The van der Waals surface area contributed by atoms with Gasteiger partial charge in [-0.15, -0.1) is 0 Å². The van der Waals surface area contributed by atoms with Crippen molar-refractivity contribution >= 4 is 22.4 Å². The van der Waals surface area contributed by atoms with E-state index >= 15 is 0 Å². The molecule has 1 fully saturated rings. The van der Waals surface area contributed by atoms with Crippen LogP contribution in [0.25, 0.3) is 10.8 Å². The van der Waals surface area contributed by atoms with E-state index < -0.39 is 0 Å². The molecule has 5 heteroatoms. The first-order valence-corrected chi connectivity index (χ1v) is 9.62. The normalized spacial score (nSPS) is 17.5. The average molecular weight is 363 g/mol. The molecule has 1 atom stereocenters. The summed E-state index contributed by atoms with van der Waals surface area (Å²) >= 11 is 0. The quantitative estimate of drug-likeness (QED) is 0.677. The number of aromatic nitrogens is 1. The Labute approximate surface area is 159 Å². The van der Waals surface area contributed by atoms with Crippen LogP contribution < -0.4 is 4.90 Å². The van der Waals surface area contributed by atoms with E-state index in [4.69, 9.17) is 4.52 Å². The van der Waals surface area contributed by atoms with Crippen molar-refractivity contribution in [1.82, 2.24) is 10.1 Å². The van der Waals surface area contributed by atoms with Gasteiger partial charge < -0.3 is 9.42 Å². The maximum atomic E-state index is 13.2. The lowest BCUT2D eigenvalue weighted by Crippen LogP contribution is -2.40. The van der Waals surface area contributed by atoms with Gasteiger partial charge >= 0.3 is 0 Å². The third kappa shape index (κ3) is 3.47. The van der Waals surface area contributed by atoms with Gasteiger partial charge in [-0.1, -0.05) is 41.6 Å². The van der Waals surface area contributed by atoms with Crippen LogP contribution >= 0.6 is 0 Å². The van der Waals surface area contributed by atoms with Crippen molar-refractivity contribution in [2.45, 2.75) is 32.7 Å². The molecular weight excluding hydrogens is 338 g/mol. The molecule has 1 aliphatic rings. The van der Waals surface area contributed by atoms with E-state index in [2.05, 4.69) is 28.3 Å². The Morgan fingerprint density at radius 3 is 2.85 bits per heavy atom. The Morgan fingerprint density at radius 2 is 2.07 bits per heavy atom. The van der Waals surface area contributed by atoms with Crippen molar-refractivity contribution in [2.75, 3.05) is 24.5 Å². The summed E-state index contributed by atoms with van der Waals surface area (Å²) in [6.07, 6.45) is 2.07. The number of carbonyl (C=O) groups excluding carboxylic acids is 1. The first kappa shape index (κ1) is 17.7. The van der Waals surface area contributed by atoms with E-state index in [1.165, 1.54) is 0 Å². The predicted octanol–water partition coefficient (Wildman–Crippen LogP) is 4.33. The van der Waals surface area contributed by atoms with Crippen LogP contribution in [0.5, 0.6) is 0 Å². The summed E-state index contributed by atoms with van der Waals surface area (Å²) in [5.41, 5.74) is 1.86. The number of nitrogens with zero attached hydrogens (tertiary/aromatic N) is 3. The lowest BCUT2D eigenvalue weighted by molar-refractivity contribution is -0.120. The number of aryl methyl sites for hydroxylation is 1. The summed E-state index contributed by atoms with van der Waals surface area (Å²) in [6.45, 7) is 5.90.